The van der Waals surface area contributed by atoms with Crippen LogP contribution in [-0.2, 0) is 24.1 Å². The molecule has 1 atom stereocenters. The average Bonchev–Trinajstić information content (AvgIpc) is 3.29. The summed E-state index contributed by atoms with van der Waals surface area (Å²) in [6.07, 6.45) is -2.61. The number of halogens is 3. The molecule has 1 unspecified atom stereocenters. The van der Waals surface area contributed by atoms with Crippen molar-refractivity contribution in [2.24, 2.45) is 0 Å². The van der Waals surface area contributed by atoms with Gasteiger partial charge >= 0.3 is 6.18 Å². The molecule has 0 spiro atoms. The number of hydrogen-bond donors (Lipinski definition) is 0. The fourth-order valence-electron chi connectivity index (χ4n) is 3.14. The number of carbonyl (C=O) groups excluding carboxylic acids is 1. The SMILES string of the molecule is O=C1CSC(c2cn(Cc3ccc(C(F)(F)F)cc3)nn2)N1Cc1ccccc1. The van der Waals surface area contributed by atoms with E-state index >= 15 is 0 Å². The lowest BCUT2D eigenvalue weighted by molar-refractivity contribution is -0.137. The van der Waals surface area contributed by atoms with Gasteiger partial charge in [0.05, 0.1) is 24.1 Å². The molecular weight excluding hydrogens is 401 g/mol. The van der Waals surface area contributed by atoms with E-state index in [9.17, 15) is 18.0 Å². The van der Waals surface area contributed by atoms with Crippen LogP contribution in [0.3, 0.4) is 0 Å². The molecule has 1 aliphatic heterocycles. The van der Waals surface area contributed by atoms with Gasteiger partial charge < -0.3 is 4.90 Å². The highest BCUT2D eigenvalue weighted by atomic mass is 32.2. The Bertz CT molecular complexity index is 989. The number of amides is 1. The van der Waals surface area contributed by atoms with Crippen LogP contribution >= 0.6 is 11.8 Å². The van der Waals surface area contributed by atoms with Gasteiger partial charge in [0.25, 0.3) is 0 Å². The summed E-state index contributed by atoms with van der Waals surface area (Å²) in [6.45, 7) is 0.790. The Labute approximate surface area is 169 Å². The zero-order chi connectivity index (χ0) is 20.4. The predicted octanol–water partition coefficient (Wildman–Crippen LogP) is 4.12. The van der Waals surface area contributed by atoms with Crippen LogP contribution in [0.5, 0.6) is 0 Å². The number of rotatable bonds is 5. The van der Waals surface area contributed by atoms with E-state index in [1.807, 2.05) is 30.3 Å². The molecule has 1 aromatic heterocycles. The zero-order valence-electron chi connectivity index (χ0n) is 15.2. The van der Waals surface area contributed by atoms with Crippen molar-refractivity contribution in [3.05, 3.63) is 83.2 Å². The smallest absolute Gasteiger partial charge is 0.320 e. The van der Waals surface area contributed by atoms with Gasteiger partial charge in [-0.1, -0.05) is 47.7 Å². The van der Waals surface area contributed by atoms with Crippen molar-refractivity contribution >= 4 is 17.7 Å². The van der Waals surface area contributed by atoms with E-state index in [0.717, 1.165) is 17.7 Å². The molecule has 2 aromatic carbocycles. The summed E-state index contributed by atoms with van der Waals surface area (Å²) in [5.41, 5.74) is 1.69. The highest BCUT2D eigenvalue weighted by Crippen LogP contribution is 2.38. The highest BCUT2D eigenvalue weighted by Gasteiger charge is 2.34. The van der Waals surface area contributed by atoms with Crippen LogP contribution in [0.15, 0.2) is 60.8 Å². The summed E-state index contributed by atoms with van der Waals surface area (Å²) in [5.74, 6) is 0.421. The molecule has 4 rings (SSSR count). The number of carbonyl (C=O) groups is 1. The molecule has 1 fully saturated rings. The van der Waals surface area contributed by atoms with Crippen molar-refractivity contribution in [3.8, 4) is 0 Å². The molecule has 0 radical (unpaired) electrons. The summed E-state index contributed by atoms with van der Waals surface area (Å²) in [7, 11) is 0. The molecule has 0 aliphatic carbocycles. The molecule has 0 bridgehead atoms. The maximum Gasteiger partial charge on any atom is 0.416 e. The third-order valence-electron chi connectivity index (χ3n) is 4.60. The first kappa shape index (κ1) is 19.5. The monoisotopic (exact) mass is 418 g/mol. The summed E-state index contributed by atoms with van der Waals surface area (Å²) < 4.78 is 39.6. The minimum atomic E-state index is -4.35. The quantitative estimate of drug-likeness (QED) is 0.626. The number of hydrogen-bond acceptors (Lipinski definition) is 4. The number of thioether (sulfide) groups is 1. The summed E-state index contributed by atoms with van der Waals surface area (Å²) >= 11 is 1.49. The first-order chi connectivity index (χ1) is 13.9. The lowest BCUT2D eigenvalue weighted by Crippen LogP contribution is -2.27. The fraction of sp³-hybridized carbons (Fsp3) is 0.250. The Hall–Kier alpha value is -2.81. The maximum absolute atomic E-state index is 12.7. The minimum absolute atomic E-state index is 0.0427. The third kappa shape index (κ3) is 4.45. The van der Waals surface area contributed by atoms with Gasteiger partial charge in [-0.05, 0) is 23.3 Å². The fourth-order valence-corrected chi connectivity index (χ4v) is 4.26. The van der Waals surface area contributed by atoms with Crippen LogP contribution in [0.4, 0.5) is 13.2 Å². The molecule has 0 N–H and O–H groups in total. The Balaban J connectivity index is 1.47. The molecule has 0 saturated carbocycles. The Morgan fingerprint density at radius 2 is 1.69 bits per heavy atom. The standard InChI is InChI=1S/C20H17F3N4OS/c21-20(22,23)16-8-6-15(7-9-16)10-26-12-17(24-25-26)19-27(18(28)13-29-19)11-14-4-2-1-3-5-14/h1-9,12,19H,10-11,13H2. The Kier molecular flexibility index (Phi) is 5.31. The van der Waals surface area contributed by atoms with Crippen molar-refractivity contribution in [3.63, 3.8) is 0 Å². The predicted molar refractivity (Wildman–Crippen MR) is 103 cm³/mol. The topological polar surface area (TPSA) is 51.0 Å². The van der Waals surface area contributed by atoms with Crippen LogP contribution < -0.4 is 0 Å². The van der Waals surface area contributed by atoms with Crippen molar-refractivity contribution in [2.75, 3.05) is 5.75 Å². The van der Waals surface area contributed by atoms with Gasteiger partial charge in [0, 0.05) is 6.54 Å². The summed E-state index contributed by atoms with van der Waals surface area (Å²) in [6, 6.07) is 14.7. The number of nitrogens with zero attached hydrogens (tertiary/aromatic N) is 4. The maximum atomic E-state index is 12.7. The van der Waals surface area contributed by atoms with E-state index in [0.29, 0.717) is 30.1 Å². The van der Waals surface area contributed by atoms with E-state index in [2.05, 4.69) is 10.3 Å². The first-order valence-corrected chi connectivity index (χ1v) is 9.96. The zero-order valence-corrected chi connectivity index (χ0v) is 16.0. The second kappa shape index (κ2) is 7.90. The van der Waals surface area contributed by atoms with E-state index in [4.69, 9.17) is 0 Å². The molecule has 1 aliphatic rings. The van der Waals surface area contributed by atoms with Crippen molar-refractivity contribution < 1.29 is 18.0 Å². The minimum Gasteiger partial charge on any atom is -0.320 e. The first-order valence-electron chi connectivity index (χ1n) is 8.91. The van der Waals surface area contributed by atoms with Gasteiger partial charge in [-0.15, -0.1) is 16.9 Å². The number of benzene rings is 2. The van der Waals surface area contributed by atoms with E-state index < -0.39 is 11.7 Å². The molecule has 9 heteroatoms. The van der Waals surface area contributed by atoms with Crippen molar-refractivity contribution in [1.82, 2.24) is 19.9 Å². The van der Waals surface area contributed by atoms with Crippen molar-refractivity contribution in [2.45, 2.75) is 24.6 Å². The number of aromatic nitrogens is 3. The second-order valence-electron chi connectivity index (χ2n) is 6.71. The molecule has 29 heavy (non-hydrogen) atoms. The van der Waals surface area contributed by atoms with Crippen LogP contribution in [0.25, 0.3) is 0 Å². The van der Waals surface area contributed by atoms with E-state index in [1.54, 1.807) is 15.8 Å². The van der Waals surface area contributed by atoms with Crippen LogP contribution in [0.1, 0.15) is 27.8 Å². The van der Waals surface area contributed by atoms with Crippen LogP contribution in [0.2, 0.25) is 0 Å². The van der Waals surface area contributed by atoms with Gasteiger partial charge in [0.1, 0.15) is 11.1 Å². The van der Waals surface area contributed by atoms with Crippen LogP contribution in [0, 0.1) is 0 Å². The normalized spacial score (nSPS) is 17.1. The lowest BCUT2D eigenvalue weighted by Gasteiger charge is -2.22. The van der Waals surface area contributed by atoms with Crippen molar-refractivity contribution in [1.29, 1.82) is 0 Å². The summed E-state index contributed by atoms with van der Waals surface area (Å²) in [5, 5.41) is 8.05. The second-order valence-corrected chi connectivity index (χ2v) is 7.77. The summed E-state index contributed by atoms with van der Waals surface area (Å²) in [4.78, 5) is 14.1. The average molecular weight is 418 g/mol. The van der Waals surface area contributed by atoms with Gasteiger partial charge in [-0.2, -0.15) is 13.2 Å². The van der Waals surface area contributed by atoms with Gasteiger partial charge in [0.2, 0.25) is 5.91 Å². The lowest BCUT2D eigenvalue weighted by atomic mass is 10.1. The van der Waals surface area contributed by atoms with Gasteiger partial charge in [0.15, 0.2) is 0 Å². The molecule has 5 nitrogen and oxygen atoms in total. The number of alkyl halides is 3. The molecule has 3 aromatic rings. The van der Waals surface area contributed by atoms with Gasteiger partial charge in [-0.25, -0.2) is 4.68 Å². The molecule has 150 valence electrons. The molecule has 2 heterocycles. The molecular formula is C20H17F3N4OS. The molecule has 1 saturated heterocycles. The Morgan fingerprint density at radius 1 is 1.00 bits per heavy atom. The Morgan fingerprint density at radius 3 is 2.38 bits per heavy atom. The van der Waals surface area contributed by atoms with E-state index in [1.165, 1.54) is 23.9 Å². The van der Waals surface area contributed by atoms with Crippen LogP contribution in [-0.4, -0.2) is 31.6 Å². The van der Waals surface area contributed by atoms with Gasteiger partial charge in [-0.3, -0.25) is 4.79 Å². The van der Waals surface area contributed by atoms with E-state index in [-0.39, 0.29) is 11.3 Å². The molecule has 1 amide bonds. The third-order valence-corrected chi connectivity index (χ3v) is 5.82. The largest absolute Gasteiger partial charge is 0.416 e. The highest BCUT2D eigenvalue weighted by molar-refractivity contribution is 8.00.